The minimum atomic E-state index is -0.0927. The number of aromatic nitrogens is 2. The quantitative estimate of drug-likeness (QED) is 0.492. The SMILES string of the molecule is C=CCSCC(=O)Nc1c[n+](N2C(C)CCCC2C)no1. The fourth-order valence-electron chi connectivity index (χ4n) is 2.62. The molecule has 0 bridgehead atoms. The number of piperidine rings is 1. The van der Waals surface area contributed by atoms with Crippen LogP contribution in [0.25, 0.3) is 0 Å². The summed E-state index contributed by atoms with van der Waals surface area (Å²) >= 11 is 1.51. The van der Waals surface area contributed by atoms with Gasteiger partial charge >= 0.3 is 5.88 Å². The van der Waals surface area contributed by atoms with Crippen LogP contribution in [0.1, 0.15) is 33.1 Å². The summed E-state index contributed by atoms with van der Waals surface area (Å²) in [5, 5.41) is 8.93. The van der Waals surface area contributed by atoms with Crippen LogP contribution in [0.5, 0.6) is 0 Å². The van der Waals surface area contributed by atoms with E-state index < -0.39 is 0 Å². The van der Waals surface area contributed by atoms with E-state index in [4.69, 9.17) is 4.52 Å². The number of rotatable bonds is 6. The van der Waals surface area contributed by atoms with E-state index in [2.05, 4.69) is 36.0 Å². The van der Waals surface area contributed by atoms with Crippen LogP contribution in [0.4, 0.5) is 5.88 Å². The van der Waals surface area contributed by atoms with Gasteiger partial charge in [-0.25, -0.2) is 0 Å². The lowest BCUT2D eigenvalue weighted by molar-refractivity contribution is -0.765. The zero-order chi connectivity index (χ0) is 15.2. The molecule has 0 saturated carbocycles. The van der Waals surface area contributed by atoms with Gasteiger partial charge in [-0.15, -0.1) is 23.3 Å². The van der Waals surface area contributed by atoms with Crippen molar-refractivity contribution in [3.05, 3.63) is 18.9 Å². The van der Waals surface area contributed by atoms with Crippen molar-refractivity contribution < 1.29 is 14.1 Å². The van der Waals surface area contributed by atoms with Gasteiger partial charge < -0.3 is 0 Å². The van der Waals surface area contributed by atoms with Crippen molar-refractivity contribution in [2.45, 2.75) is 45.2 Å². The second-order valence-electron chi connectivity index (χ2n) is 5.35. The Bertz CT molecular complexity index is 481. The molecule has 1 aromatic rings. The Morgan fingerprint density at radius 1 is 1.62 bits per heavy atom. The normalized spacial score (nSPS) is 22.1. The van der Waals surface area contributed by atoms with E-state index in [0.29, 0.717) is 23.7 Å². The Labute approximate surface area is 129 Å². The van der Waals surface area contributed by atoms with Crippen LogP contribution in [0.15, 0.2) is 23.4 Å². The third-order valence-corrected chi connectivity index (χ3v) is 4.51. The van der Waals surface area contributed by atoms with Gasteiger partial charge in [-0.05, 0) is 33.1 Å². The largest absolute Gasteiger partial charge is 0.305 e. The van der Waals surface area contributed by atoms with Crippen molar-refractivity contribution in [3.8, 4) is 0 Å². The summed E-state index contributed by atoms with van der Waals surface area (Å²) in [6, 6.07) is 0.825. The number of nitrogens with one attached hydrogen (secondary N) is 1. The highest BCUT2D eigenvalue weighted by Crippen LogP contribution is 2.18. The molecule has 116 valence electrons. The van der Waals surface area contributed by atoms with Gasteiger partial charge in [-0.3, -0.25) is 14.6 Å². The van der Waals surface area contributed by atoms with Crippen molar-refractivity contribution >= 4 is 23.6 Å². The number of carbonyl (C=O) groups is 1. The van der Waals surface area contributed by atoms with Crippen LogP contribution >= 0.6 is 11.8 Å². The molecular weight excluding hydrogens is 288 g/mol. The number of anilines is 1. The van der Waals surface area contributed by atoms with Gasteiger partial charge in [0.2, 0.25) is 11.2 Å². The summed E-state index contributed by atoms with van der Waals surface area (Å²) in [5.41, 5.74) is 0. The van der Waals surface area contributed by atoms with Crippen molar-refractivity contribution in [2.24, 2.45) is 0 Å². The molecule has 0 radical (unpaired) electrons. The predicted molar refractivity (Wildman–Crippen MR) is 83.8 cm³/mol. The molecule has 1 aliphatic rings. The number of amides is 1. The number of carbonyl (C=O) groups excluding carboxylic acids is 1. The van der Waals surface area contributed by atoms with E-state index >= 15 is 0 Å². The van der Waals surface area contributed by atoms with Gasteiger partial charge in [0, 0.05) is 5.75 Å². The van der Waals surface area contributed by atoms with Crippen LogP contribution in [-0.2, 0) is 4.79 Å². The molecule has 0 aromatic carbocycles. The van der Waals surface area contributed by atoms with Crippen LogP contribution in [0.2, 0.25) is 0 Å². The molecule has 1 fully saturated rings. The molecule has 2 unspecified atom stereocenters. The van der Waals surface area contributed by atoms with Gasteiger partial charge in [0.05, 0.1) is 22.6 Å². The molecule has 1 saturated heterocycles. The summed E-state index contributed by atoms with van der Waals surface area (Å²) in [7, 11) is 0. The Hall–Kier alpha value is -1.50. The Balaban J connectivity index is 1.94. The highest BCUT2D eigenvalue weighted by atomic mass is 32.2. The lowest BCUT2D eigenvalue weighted by atomic mass is 10.00. The Kier molecular flexibility index (Phi) is 5.67. The van der Waals surface area contributed by atoms with E-state index in [1.807, 2.05) is 0 Å². The molecular formula is C14H23N4O2S+. The maximum absolute atomic E-state index is 11.7. The lowest BCUT2D eigenvalue weighted by Gasteiger charge is -2.31. The molecule has 2 rings (SSSR count). The van der Waals surface area contributed by atoms with Crippen molar-refractivity contribution in [3.63, 3.8) is 0 Å². The van der Waals surface area contributed by atoms with Gasteiger partial charge in [0.1, 0.15) is 0 Å². The Morgan fingerprint density at radius 2 is 2.33 bits per heavy atom. The minimum Gasteiger partial charge on any atom is -0.288 e. The first kappa shape index (κ1) is 15.9. The van der Waals surface area contributed by atoms with E-state index in [-0.39, 0.29) is 5.91 Å². The number of thioether (sulfide) groups is 1. The third-order valence-electron chi connectivity index (χ3n) is 3.57. The van der Waals surface area contributed by atoms with Crippen LogP contribution in [0, 0.1) is 0 Å². The van der Waals surface area contributed by atoms with E-state index in [1.165, 1.54) is 18.2 Å². The fourth-order valence-corrected chi connectivity index (χ4v) is 3.16. The zero-order valence-electron chi connectivity index (χ0n) is 12.6. The second-order valence-corrected chi connectivity index (χ2v) is 6.38. The fraction of sp³-hybridized carbons (Fsp3) is 0.643. The van der Waals surface area contributed by atoms with Gasteiger partial charge in [0.15, 0.2) is 0 Å². The number of hydrogen-bond donors (Lipinski definition) is 1. The molecule has 1 aromatic heterocycles. The molecule has 21 heavy (non-hydrogen) atoms. The average Bonchev–Trinajstić information content (AvgIpc) is 2.87. The first-order chi connectivity index (χ1) is 10.1. The predicted octanol–water partition coefficient (Wildman–Crippen LogP) is 1.72. The monoisotopic (exact) mass is 311 g/mol. The average molecular weight is 311 g/mol. The smallest absolute Gasteiger partial charge is 0.288 e. The lowest BCUT2D eigenvalue weighted by Crippen LogP contribution is -2.67. The molecule has 7 heteroatoms. The molecule has 0 aliphatic carbocycles. The van der Waals surface area contributed by atoms with Crippen molar-refractivity contribution in [1.82, 2.24) is 5.27 Å². The molecule has 2 atom stereocenters. The van der Waals surface area contributed by atoms with Crippen LogP contribution in [-0.4, -0.2) is 34.8 Å². The van der Waals surface area contributed by atoms with Gasteiger partial charge in [-0.2, -0.15) is 0 Å². The van der Waals surface area contributed by atoms with Gasteiger partial charge in [-0.1, -0.05) is 6.08 Å². The number of hydrogen-bond acceptors (Lipinski definition) is 5. The minimum absolute atomic E-state index is 0.0927. The van der Waals surface area contributed by atoms with Crippen molar-refractivity contribution in [2.75, 3.05) is 21.8 Å². The topological polar surface area (TPSA) is 62.3 Å². The molecule has 2 heterocycles. The molecule has 1 N–H and O–H groups in total. The number of nitrogens with zero attached hydrogens (tertiary/aromatic N) is 3. The Morgan fingerprint density at radius 3 is 3.00 bits per heavy atom. The van der Waals surface area contributed by atoms with Crippen LogP contribution in [0.3, 0.4) is 0 Å². The summed E-state index contributed by atoms with van der Waals surface area (Å²) in [4.78, 5) is 13.4. The standard InChI is InChI=1S/C14H22N4O2S/c1-4-8-21-10-13(19)15-14-9-17(16-20-14)18-11(2)6-5-7-12(18)3/h4,9,11-12H,1,5-8,10H2,2-3H3/p+1. The first-order valence-corrected chi connectivity index (χ1v) is 8.43. The highest BCUT2D eigenvalue weighted by molar-refractivity contribution is 8.00. The molecule has 0 spiro atoms. The van der Waals surface area contributed by atoms with Crippen LogP contribution < -0.4 is 15.1 Å². The summed E-state index contributed by atoms with van der Waals surface area (Å²) in [6.45, 7) is 7.98. The maximum atomic E-state index is 11.7. The van der Waals surface area contributed by atoms with E-state index in [9.17, 15) is 4.79 Å². The maximum Gasteiger partial charge on any atom is 0.305 e. The third kappa shape index (κ3) is 4.23. The highest BCUT2D eigenvalue weighted by Gasteiger charge is 2.34. The van der Waals surface area contributed by atoms with E-state index in [0.717, 1.165) is 18.6 Å². The summed E-state index contributed by atoms with van der Waals surface area (Å²) < 4.78 is 5.20. The molecule has 6 nitrogen and oxygen atoms in total. The zero-order valence-corrected chi connectivity index (χ0v) is 13.4. The first-order valence-electron chi connectivity index (χ1n) is 7.27. The second kappa shape index (κ2) is 7.49. The van der Waals surface area contributed by atoms with Crippen molar-refractivity contribution in [1.29, 1.82) is 0 Å². The van der Waals surface area contributed by atoms with Gasteiger partial charge in [0.25, 0.3) is 6.20 Å². The van der Waals surface area contributed by atoms with E-state index in [1.54, 1.807) is 17.1 Å². The molecule has 1 amide bonds. The summed E-state index contributed by atoms with van der Waals surface area (Å²) in [6.07, 6.45) is 7.03. The summed E-state index contributed by atoms with van der Waals surface area (Å²) in [5.74, 6) is 1.42. The molecule has 1 aliphatic heterocycles.